The minimum Gasteiger partial charge on any atom is -0.497 e. The van der Waals surface area contributed by atoms with E-state index >= 15 is 0 Å². The molecule has 9 nitrogen and oxygen atoms in total. The standard InChI is InChI=1S/C27H30N4O5/c1-4-36-23-8-6-5-7-21(23)26(32)29-19-9-12-25(28-18-19)30-13-15-31(16-14-30)27(33)22-11-10-20(34-2)17-24(22)35-3/h5-12,17-18H,4,13-16H2,1-3H3,(H,29,32). The van der Waals surface area contributed by atoms with Gasteiger partial charge in [-0.05, 0) is 43.3 Å². The van der Waals surface area contributed by atoms with Gasteiger partial charge in [0.15, 0.2) is 0 Å². The Morgan fingerprint density at radius 2 is 1.69 bits per heavy atom. The van der Waals surface area contributed by atoms with E-state index in [-0.39, 0.29) is 11.8 Å². The Morgan fingerprint density at radius 3 is 2.36 bits per heavy atom. The molecule has 2 amide bonds. The molecule has 188 valence electrons. The van der Waals surface area contributed by atoms with Crippen LogP contribution < -0.4 is 24.4 Å². The molecule has 1 aliphatic rings. The van der Waals surface area contributed by atoms with E-state index in [9.17, 15) is 9.59 Å². The van der Waals surface area contributed by atoms with Crippen LogP contribution in [-0.4, -0.2) is 68.7 Å². The number of nitrogens with zero attached hydrogens (tertiary/aromatic N) is 3. The molecule has 1 fully saturated rings. The molecule has 1 aliphatic heterocycles. The highest BCUT2D eigenvalue weighted by Crippen LogP contribution is 2.27. The number of nitrogens with one attached hydrogen (secondary N) is 1. The third kappa shape index (κ3) is 5.51. The molecule has 0 spiro atoms. The average molecular weight is 491 g/mol. The van der Waals surface area contributed by atoms with Gasteiger partial charge in [-0.25, -0.2) is 4.98 Å². The summed E-state index contributed by atoms with van der Waals surface area (Å²) in [5.74, 6) is 2.13. The van der Waals surface area contributed by atoms with Crippen LogP contribution in [-0.2, 0) is 0 Å². The smallest absolute Gasteiger partial charge is 0.259 e. The Hall–Kier alpha value is -4.27. The molecule has 0 radical (unpaired) electrons. The summed E-state index contributed by atoms with van der Waals surface area (Å²) in [5.41, 5.74) is 1.57. The fraction of sp³-hybridized carbons (Fsp3) is 0.296. The first-order valence-corrected chi connectivity index (χ1v) is 11.8. The predicted octanol–water partition coefficient (Wildman–Crippen LogP) is 3.71. The highest BCUT2D eigenvalue weighted by molar-refractivity contribution is 6.06. The number of amides is 2. The first kappa shape index (κ1) is 24.8. The lowest BCUT2D eigenvalue weighted by Crippen LogP contribution is -2.49. The van der Waals surface area contributed by atoms with Crippen molar-refractivity contribution < 1.29 is 23.8 Å². The van der Waals surface area contributed by atoms with Gasteiger partial charge in [0.25, 0.3) is 11.8 Å². The van der Waals surface area contributed by atoms with Crippen LogP contribution in [0.1, 0.15) is 27.6 Å². The molecule has 4 rings (SSSR count). The number of carbonyl (C=O) groups is 2. The second-order valence-corrected chi connectivity index (χ2v) is 8.13. The van der Waals surface area contributed by atoms with Gasteiger partial charge in [0, 0.05) is 32.2 Å². The number of aromatic nitrogens is 1. The molecule has 3 aromatic rings. The molecule has 0 saturated carbocycles. The third-order valence-electron chi connectivity index (χ3n) is 5.97. The number of hydrogen-bond acceptors (Lipinski definition) is 7. The number of anilines is 2. The zero-order valence-corrected chi connectivity index (χ0v) is 20.7. The molecule has 36 heavy (non-hydrogen) atoms. The Kier molecular flexibility index (Phi) is 7.89. The van der Waals surface area contributed by atoms with Crippen molar-refractivity contribution in [3.05, 3.63) is 71.9 Å². The topological polar surface area (TPSA) is 93.2 Å². The zero-order valence-electron chi connectivity index (χ0n) is 20.7. The summed E-state index contributed by atoms with van der Waals surface area (Å²) in [7, 11) is 3.12. The van der Waals surface area contributed by atoms with Gasteiger partial charge in [-0.3, -0.25) is 9.59 Å². The van der Waals surface area contributed by atoms with Crippen molar-refractivity contribution in [2.45, 2.75) is 6.92 Å². The molecule has 0 unspecified atom stereocenters. The van der Waals surface area contributed by atoms with Crippen molar-refractivity contribution in [2.24, 2.45) is 0 Å². The SMILES string of the molecule is CCOc1ccccc1C(=O)Nc1ccc(N2CCN(C(=O)c3ccc(OC)cc3OC)CC2)nc1. The average Bonchev–Trinajstić information content (AvgIpc) is 2.93. The fourth-order valence-corrected chi connectivity index (χ4v) is 4.07. The summed E-state index contributed by atoms with van der Waals surface area (Å²) in [6.45, 7) is 4.76. The van der Waals surface area contributed by atoms with Crippen molar-refractivity contribution in [3.8, 4) is 17.2 Å². The van der Waals surface area contributed by atoms with E-state index in [0.717, 1.165) is 5.82 Å². The molecule has 1 saturated heterocycles. The molecule has 0 aliphatic carbocycles. The lowest BCUT2D eigenvalue weighted by Gasteiger charge is -2.35. The molecular weight excluding hydrogens is 460 g/mol. The van der Waals surface area contributed by atoms with Crippen LogP contribution >= 0.6 is 0 Å². The van der Waals surface area contributed by atoms with Gasteiger partial charge in [0.2, 0.25) is 0 Å². The van der Waals surface area contributed by atoms with Crippen molar-refractivity contribution in [2.75, 3.05) is 57.2 Å². The normalized spacial score (nSPS) is 13.2. The highest BCUT2D eigenvalue weighted by Gasteiger charge is 2.25. The maximum Gasteiger partial charge on any atom is 0.259 e. The van der Waals surface area contributed by atoms with Crippen LogP contribution in [0.5, 0.6) is 17.2 Å². The number of piperazine rings is 1. The maximum atomic E-state index is 13.1. The van der Waals surface area contributed by atoms with Gasteiger partial charge < -0.3 is 29.3 Å². The van der Waals surface area contributed by atoms with Gasteiger partial charge >= 0.3 is 0 Å². The first-order valence-electron chi connectivity index (χ1n) is 11.8. The van der Waals surface area contributed by atoms with Crippen LogP contribution in [0.25, 0.3) is 0 Å². The first-order chi connectivity index (χ1) is 17.5. The van der Waals surface area contributed by atoms with E-state index in [4.69, 9.17) is 14.2 Å². The number of rotatable bonds is 8. The number of pyridine rings is 1. The molecule has 1 N–H and O–H groups in total. The van der Waals surface area contributed by atoms with E-state index < -0.39 is 0 Å². The largest absolute Gasteiger partial charge is 0.497 e. The minimum absolute atomic E-state index is 0.0764. The van der Waals surface area contributed by atoms with Crippen LogP contribution in [0.3, 0.4) is 0 Å². The van der Waals surface area contributed by atoms with Crippen molar-refractivity contribution in [1.82, 2.24) is 9.88 Å². The Balaban J connectivity index is 1.35. The second kappa shape index (κ2) is 11.4. The van der Waals surface area contributed by atoms with Crippen LogP contribution in [0.4, 0.5) is 11.5 Å². The second-order valence-electron chi connectivity index (χ2n) is 8.13. The van der Waals surface area contributed by atoms with Gasteiger partial charge in [-0.2, -0.15) is 0 Å². The minimum atomic E-state index is -0.255. The number of methoxy groups -OCH3 is 2. The quantitative estimate of drug-likeness (QED) is 0.515. The summed E-state index contributed by atoms with van der Waals surface area (Å²) in [6.07, 6.45) is 1.64. The molecule has 2 aromatic carbocycles. The summed E-state index contributed by atoms with van der Waals surface area (Å²) in [5, 5.41) is 2.87. The Labute approximate surface area is 210 Å². The van der Waals surface area contributed by atoms with E-state index in [1.165, 1.54) is 0 Å². The summed E-state index contributed by atoms with van der Waals surface area (Å²) in [6, 6.07) is 16.0. The maximum absolute atomic E-state index is 13.1. The molecular formula is C27H30N4O5. The van der Waals surface area contributed by atoms with Gasteiger partial charge in [0.1, 0.15) is 23.1 Å². The molecule has 0 atom stereocenters. The zero-order chi connectivity index (χ0) is 25.5. The number of carbonyl (C=O) groups excluding carboxylic acids is 2. The number of benzene rings is 2. The highest BCUT2D eigenvalue weighted by atomic mass is 16.5. The van der Waals surface area contributed by atoms with Crippen LogP contribution in [0.2, 0.25) is 0 Å². The Morgan fingerprint density at radius 1 is 0.917 bits per heavy atom. The van der Waals surface area contributed by atoms with Crippen molar-refractivity contribution in [3.63, 3.8) is 0 Å². The van der Waals surface area contributed by atoms with Crippen molar-refractivity contribution >= 4 is 23.3 Å². The number of para-hydroxylation sites is 1. The lowest BCUT2D eigenvalue weighted by molar-refractivity contribution is 0.0743. The molecule has 0 bridgehead atoms. The van der Waals surface area contributed by atoms with E-state index in [1.807, 2.05) is 30.0 Å². The monoisotopic (exact) mass is 490 g/mol. The summed E-state index contributed by atoms with van der Waals surface area (Å²) in [4.78, 5) is 34.2. The molecule has 1 aromatic heterocycles. The van der Waals surface area contributed by atoms with Gasteiger partial charge in [-0.1, -0.05) is 12.1 Å². The third-order valence-corrected chi connectivity index (χ3v) is 5.97. The van der Waals surface area contributed by atoms with Crippen molar-refractivity contribution in [1.29, 1.82) is 0 Å². The summed E-state index contributed by atoms with van der Waals surface area (Å²) >= 11 is 0. The van der Waals surface area contributed by atoms with Gasteiger partial charge in [-0.15, -0.1) is 0 Å². The number of ether oxygens (including phenoxy) is 3. The van der Waals surface area contributed by atoms with Gasteiger partial charge in [0.05, 0.1) is 43.8 Å². The predicted molar refractivity (Wildman–Crippen MR) is 137 cm³/mol. The number of hydrogen-bond donors (Lipinski definition) is 1. The molecule has 2 heterocycles. The van der Waals surface area contributed by atoms with Crippen LogP contribution in [0, 0.1) is 0 Å². The van der Waals surface area contributed by atoms with E-state index in [0.29, 0.717) is 66.8 Å². The van der Waals surface area contributed by atoms with Crippen LogP contribution in [0.15, 0.2) is 60.8 Å². The lowest BCUT2D eigenvalue weighted by atomic mass is 10.1. The van der Waals surface area contributed by atoms with E-state index in [2.05, 4.69) is 15.2 Å². The Bertz CT molecular complexity index is 1210. The molecule has 9 heteroatoms. The van der Waals surface area contributed by atoms with E-state index in [1.54, 1.807) is 56.8 Å². The fourth-order valence-electron chi connectivity index (χ4n) is 4.07. The summed E-state index contributed by atoms with van der Waals surface area (Å²) < 4.78 is 16.2.